The first-order valence-corrected chi connectivity index (χ1v) is 9.61. The first kappa shape index (κ1) is 17.2. The van der Waals surface area contributed by atoms with Gasteiger partial charge in [0.05, 0.1) is 16.6 Å². The number of primary amides is 1. The van der Waals surface area contributed by atoms with E-state index in [0.717, 1.165) is 50.0 Å². The Bertz CT molecular complexity index is 1130. The van der Waals surface area contributed by atoms with Crippen LogP contribution in [0.5, 0.6) is 0 Å². The lowest BCUT2D eigenvalue weighted by atomic mass is 9.83. The third-order valence-corrected chi connectivity index (χ3v) is 6.17. The number of nitrogens with two attached hydrogens (primary N) is 1. The van der Waals surface area contributed by atoms with E-state index in [0.29, 0.717) is 16.7 Å². The molecule has 3 aromatic rings. The Morgan fingerprint density at radius 2 is 2.14 bits per heavy atom. The maximum absolute atomic E-state index is 13.9. The molecular weight excluding hydrogens is 359 g/mol. The van der Waals surface area contributed by atoms with Crippen molar-refractivity contribution in [2.24, 2.45) is 11.7 Å². The van der Waals surface area contributed by atoms with Gasteiger partial charge >= 0.3 is 0 Å². The maximum atomic E-state index is 13.9. The van der Waals surface area contributed by atoms with Gasteiger partial charge in [-0.25, -0.2) is 20.5 Å². The van der Waals surface area contributed by atoms with E-state index in [4.69, 9.17) is 12.3 Å². The van der Waals surface area contributed by atoms with Crippen LogP contribution in [0.25, 0.3) is 21.5 Å². The normalized spacial score (nSPS) is 19.9. The van der Waals surface area contributed by atoms with Gasteiger partial charge in [0.2, 0.25) is 0 Å². The van der Waals surface area contributed by atoms with Crippen LogP contribution in [-0.2, 0) is 5.54 Å². The molecule has 3 N–H and O–H groups in total. The second kappa shape index (κ2) is 6.04. The van der Waals surface area contributed by atoms with Crippen molar-refractivity contribution < 1.29 is 9.18 Å². The number of halogens is 1. The summed E-state index contributed by atoms with van der Waals surface area (Å²) in [7, 11) is 0. The summed E-state index contributed by atoms with van der Waals surface area (Å²) in [5.41, 5.74) is 7.03. The number of rotatable bonds is 4. The Hall–Kier alpha value is -2.92. The molecule has 2 aromatic heterocycles. The highest BCUT2D eigenvalue weighted by Crippen LogP contribution is 2.41. The summed E-state index contributed by atoms with van der Waals surface area (Å²) in [6, 6.07) is 2.41. The SMILES string of the molecule is [C-]#[N+]C1(c2c[nH]n3c2nc2cc(F)cc(C(N)=O)c23)CCN(CC2CC2)CC1. The molecule has 0 spiro atoms. The third-order valence-electron chi connectivity index (χ3n) is 6.17. The third kappa shape index (κ3) is 2.58. The van der Waals surface area contributed by atoms with E-state index in [9.17, 15) is 9.18 Å². The fraction of sp³-hybridized carbons (Fsp3) is 0.450. The minimum absolute atomic E-state index is 0.0759. The molecule has 5 rings (SSSR count). The molecule has 2 aliphatic rings. The van der Waals surface area contributed by atoms with Crippen LogP contribution in [0.15, 0.2) is 18.3 Å². The molecule has 144 valence electrons. The molecule has 0 bridgehead atoms. The van der Waals surface area contributed by atoms with Gasteiger partial charge in [0.25, 0.3) is 11.4 Å². The van der Waals surface area contributed by atoms with Crippen molar-refractivity contribution in [3.8, 4) is 0 Å². The number of amides is 1. The van der Waals surface area contributed by atoms with Crippen molar-refractivity contribution in [1.82, 2.24) is 19.5 Å². The Kier molecular flexibility index (Phi) is 3.71. The lowest BCUT2D eigenvalue weighted by molar-refractivity contribution is 0.100. The van der Waals surface area contributed by atoms with Crippen molar-refractivity contribution in [1.29, 1.82) is 0 Å². The van der Waals surface area contributed by atoms with Gasteiger partial charge in [0.15, 0.2) is 5.65 Å². The molecule has 0 atom stereocenters. The largest absolute Gasteiger partial charge is 0.366 e. The van der Waals surface area contributed by atoms with E-state index in [2.05, 4.69) is 19.8 Å². The average molecular weight is 380 g/mol. The molecule has 1 saturated carbocycles. The number of piperidine rings is 1. The van der Waals surface area contributed by atoms with E-state index in [-0.39, 0.29) is 5.56 Å². The first-order valence-electron chi connectivity index (χ1n) is 9.61. The van der Waals surface area contributed by atoms with Crippen LogP contribution in [0.4, 0.5) is 4.39 Å². The van der Waals surface area contributed by atoms with Gasteiger partial charge in [-0.2, -0.15) is 0 Å². The number of fused-ring (bicyclic) bond motifs is 3. The zero-order valence-electron chi connectivity index (χ0n) is 15.4. The summed E-state index contributed by atoms with van der Waals surface area (Å²) in [6.45, 7) is 10.8. The number of H-pyrrole nitrogens is 1. The standard InChI is InChI=1S/C20H21FN6O/c1-23-20(4-6-26(7-5-20)11-12-2-3-12)15-10-24-27-17-14(18(22)28)8-13(21)9-16(17)25-19(15)27/h8-10,12,24H,2-7,11H2,(H2,22,28). The first-order chi connectivity index (χ1) is 13.5. The van der Waals surface area contributed by atoms with E-state index in [1.807, 2.05) is 0 Å². The van der Waals surface area contributed by atoms with Crippen LogP contribution in [0.1, 0.15) is 41.6 Å². The maximum Gasteiger partial charge on any atom is 0.265 e. The van der Waals surface area contributed by atoms with Crippen LogP contribution in [0.3, 0.4) is 0 Å². The predicted molar refractivity (Wildman–Crippen MR) is 102 cm³/mol. The molecule has 1 aliphatic carbocycles. The van der Waals surface area contributed by atoms with Crippen LogP contribution in [0.2, 0.25) is 0 Å². The van der Waals surface area contributed by atoms with E-state index >= 15 is 0 Å². The van der Waals surface area contributed by atoms with E-state index in [1.165, 1.54) is 18.9 Å². The predicted octanol–water partition coefficient (Wildman–Crippen LogP) is 2.67. The number of benzene rings is 1. The van der Waals surface area contributed by atoms with Gasteiger partial charge < -0.3 is 15.5 Å². The van der Waals surface area contributed by atoms with Gasteiger partial charge in [-0.1, -0.05) is 0 Å². The number of imidazole rings is 1. The number of nitrogens with one attached hydrogen (secondary N) is 1. The second-order valence-electron chi connectivity index (χ2n) is 8.03. The van der Waals surface area contributed by atoms with Gasteiger partial charge in [-0.3, -0.25) is 9.89 Å². The van der Waals surface area contributed by atoms with Gasteiger partial charge in [0.1, 0.15) is 11.3 Å². The van der Waals surface area contributed by atoms with Gasteiger partial charge in [-0.15, -0.1) is 0 Å². The number of carbonyl (C=O) groups is 1. The summed E-state index contributed by atoms with van der Waals surface area (Å²) < 4.78 is 15.6. The minimum atomic E-state index is -0.712. The Morgan fingerprint density at radius 1 is 1.39 bits per heavy atom. The fourth-order valence-electron chi connectivity index (χ4n) is 4.42. The quantitative estimate of drug-likeness (QED) is 0.683. The topological polar surface area (TPSA) is 83.8 Å². The molecule has 3 heterocycles. The fourth-order valence-corrected chi connectivity index (χ4v) is 4.42. The number of aromatic nitrogens is 3. The van der Waals surface area contributed by atoms with Crippen molar-refractivity contribution in [2.75, 3.05) is 19.6 Å². The lowest BCUT2D eigenvalue weighted by Gasteiger charge is -2.33. The Labute approximate surface area is 161 Å². The van der Waals surface area contributed by atoms with Crippen molar-refractivity contribution in [3.63, 3.8) is 0 Å². The molecule has 1 aromatic carbocycles. The zero-order valence-corrected chi connectivity index (χ0v) is 15.4. The zero-order chi connectivity index (χ0) is 19.5. The number of nitrogens with zero attached hydrogens (tertiary/aromatic N) is 4. The van der Waals surface area contributed by atoms with Crippen molar-refractivity contribution in [2.45, 2.75) is 31.2 Å². The van der Waals surface area contributed by atoms with Crippen molar-refractivity contribution >= 4 is 22.6 Å². The second-order valence-corrected chi connectivity index (χ2v) is 8.03. The van der Waals surface area contributed by atoms with Crippen LogP contribution >= 0.6 is 0 Å². The smallest absolute Gasteiger partial charge is 0.265 e. The monoisotopic (exact) mass is 380 g/mol. The number of carbonyl (C=O) groups excluding carboxylic acids is 1. The van der Waals surface area contributed by atoms with Gasteiger partial charge in [0, 0.05) is 44.7 Å². The molecule has 1 amide bonds. The highest BCUT2D eigenvalue weighted by Gasteiger charge is 2.45. The Morgan fingerprint density at radius 3 is 2.79 bits per heavy atom. The number of hydrogen-bond donors (Lipinski definition) is 2. The number of aromatic amines is 1. The van der Waals surface area contributed by atoms with E-state index in [1.54, 1.807) is 10.7 Å². The summed E-state index contributed by atoms with van der Waals surface area (Å²) in [5, 5.41) is 3.10. The highest BCUT2D eigenvalue weighted by atomic mass is 19.1. The molecule has 0 radical (unpaired) electrons. The molecule has 7 nitrogen and oxygen atoms in total. The van der Waals surface area contributed by atoms with E-state index < -0.39 is 17.3 Å². The Balaban J connectivity index is 1.58. The van der Waals surface area contributed by atoms with Crippen LogP contribution < -0.4 is 5.73 Å². The lowest BCUT2D eigenvalue weighted by Crippen LogP contribution is -2.41. The molecule has 8 heteroatoms. The van der Waals surface area contributed by atoms with Crippen molar-refractivity contribution in [3.05, 3.63) is 46.7 Å². The summed E-state index contributed by atoms with van der Waals surface area (Å²) in [6.07, 6.45) is 5.91. The van der Waals surface area contributed by atoms with Gasteiger partial charge in [-0.05, 0) is 24.8 Å². The molecule has 1 saturated heterocycles. The average Bonchev–Trinajstić information content (AvgIpc) is 3.28. The minimum Gasteiger partial charge on any atom is -0.366 e. The van der Waals surface area contributed by atoms with Crippen LogP contribution in [-0.4, -0.2) is 45.0 Å². The highest BCUT2D eigenvalue weighted by molar-refractivity contribution is 6.05. The van der Waals surface area contributed by atoms with Crippen LogP contribution in [0, 0.1) is 18.3 Å². The molecular formula is C20H21FN6O. The number of likely N-dealkylation sites (tertiary alicyclic amines) is 1. The summed E-state index contributed by atoms with van der Waals surface area (Å²) in [4.78, 5) is 22.8. The summed E-state index contributed by atoms with van der Waals surface area (Å²) >= 11 is 0. The summed E-state index contributed by atoms with van der Waals surface area (Å²) in [5.74, 6) is -0.438. The molecule has 0 unspecified atom stereocenters. The molecule has 2 fully saturated rings. The molecule has 1 aliphatic heterocycles. The number of hydrogen-bond acceptors (Lipinski definition) is 3. The molecule has 28 heavy (non-hydrogen) atoms.